The lowest BCUT2D eigenvalue weighted by atomic mass is 10.2. The predicted octanol–water partition coefficient (Wildman–Crippen LogP) is 0.488. The number of urea groups is 1. The van der Waals surface area contributed by atoms with Crippen molar-refractivity contribution in [2.75, 3.05) is 0 Å². The van der Waals surface area contributed by atoms with Crippen molar-refractivity contribution >= 4 is 11.8 Å². The van der Waals surface area contributed by atoms with Gasteiger partial charge in [0.15, 0.2) is 5.78 Å². The summed E-state index contributed by atoms with van der Waals surface area (Å²) in [6, 6.07) is -1.19. The Morgan fingerprint density at radius 3 is 2.18 bits per heavy atom. The van der Waals surface area contributed by atoms with Crippen LogP contribution in [0.3, 0.4) is 0 Å². The molecule has 0 aliphatic carbocycles. The van der Waals surface area contributed by atoms with Crippen LogP contribution in [0, 0.1) is 0 Å². The molecule has 0 heterocycles. The van der Waals surface area contributed by atoms with Gasteiger partial charge in [-0.15, -0.1) is 0 Å². The average molecular weight is 156 g/mol. The van der Waals surface area contributed by atoms with Gasteiger partial charge >= 0.3 is 6.03 Å². The van der Waals surface area contributed by atoms with Gasteiger partial charge in [-0.3, -0.25) is 9.69 Å². The highest BCUT2D eigenvalue weighted by Crippen LogP contribution is 1.99. The van der Waals surface area contributed by atoms with Gasteiger partial charge in [-0.2, -0.15) is 0 Å². The smallest absolute Gasteiger partial charge is 0.319 e. The van der Waals surface area contributed by atoms with Gasteiger partial charge in [0.1, 0.15) is 0 Å². The van der Waals surface area contributed by atoms with Crippen molar-refractivity contribution in [3.05, 3.63) is 12.8 Å². The molecular weight excluding hydrogens is 144 g/mol. The van der Waals surface area contributed by atoms with Crippen LogP contribution < -0.4 is 5.73 Å². The van der Waals surface area contributed by atoms with E-state index in [-0.39, 0.29) is 5.78 Å². The molecule has 1 unspecified atom stereocenters. The maximum absolute atomic E-state index is 10.8. The molecule has 0 rings (SSSR count). The number of hydrogen-bond acceptors (Lipinski definition) is 2. The zero-order chi connectivity index (χ0) is 9.02. The Labute approximate surface area is 65.7 Å². The Hall–Kier alpha value is -1.32. The summed E-state index contributed by atoms with van der Waals surface area (Å²) in [5.74, 6) is -0.122. The summed E-state index contributed by atoms with van der Waals surface area (Å²) in [5.41, 5.74) is 4.95. The first kappa shape index (κ1) is 9.68. The van der Waals surface area contributed by atoms with E-state index in [0.29, 0.717) is 0 Å². The molecule has 0 radical (unpaired) electrons. The molecule has 0 aliphatic rings. The van der Waals surface area contributed by atoms with E-state index in [1.807, 2.05) is 0 Å². The van der Waals surface area contributed by atoms with Gasteiger partial charge in [-0.1, -0.05) is 6.58 Å². The van der Waals surface area contributed by atoms with Crippen molar-refractivity contribution in [3.63, 3.8) is 0 Å². The van der Waals surface area contributed by atoms with Gasteiger partial charge < -0.3 is 5.73 Å². The number of Topliss-reactive ketones (excluding diaryl/α,β-unsaturated/α-hetero) is 1. The van der Waals surface area contributed by atoms with Crippen LogP contribution in [0.25, 0.3) is 0 Å². The van der Waals surface area contributed by atoms with Gasteiger partial charge in [0.2, 0.25) is 0 Å². The summed E-state index contributed by atoms with van der Waals surface area (Å²) >= 11 is 0. The second kappa shape index (κ2) is 3.75. The Kier molecular flexibility index (Phi) is 3.30. The van der Waals surface area contributed by atoms with Gasteiger partial charge in [-0.25, -0.2) is 4.79 Å². The van der Waals surface area contributed by atoms with Crippen LogP contribution >= 0.6 is 0 Å². The maximum atomic E-state index is 10.8. The zero-order valence-electron chi connectivity index (χ0n) is 6.70. The Morgan fingerprint density at radius 1 is 1.64 bits per heavy atom. The van der Waals surface area contributed by atoms with Gasteiger partial charge in [0.05, 0.1) is 6.04 Å². The van der Waals surface area contributed by atoms with Crippen LogP contribution in [-0.2, 0) is 4.79 Å². The van der Waals surface area contributed by atoms with Crippen molar-refractivity contribution in [3.8, 4) is 0 Å². The van der Waals surface area contributed by atoms with Crippen LogP contribution in [0.2, 0.25) is 0 Å². The van der Waals surface area contributed by atoms with E-state index in [2.05, 4.69) is 6.58 Å². The Morgan fingerprint density at radius 2 is 2.09 bits per heavy atom. The maximum Gasteiger partial charge on any atom is 0.319 e. The van der Waals surface area contributed by atoms with Crippen molar-refractivity contribution in [1.82, 2.24) is 4.90 Å². The fourth-order valence-electron chi connectivity index (χ4n) is 0.635. The van der Waals surface area contributed by atoms with Crippen LogP contribution in [0.4, 0.5) is 4.79 Å². The summed E-state index contributed by atoms with van der Waals surface area (Å²) in [6.07, 6.45) is 1.24. The highest BCUT2D eigenvalue weighted by atomic mass is 16.2. The number of ketones is 1. The quantitative estimate of drug-likeness (QED) is 0.646. The molecule has 4 nitrogen and oxygen atoms in total. The standard InChI is InChI=1S/C7H12N2O2/c1-4-9(7(8)11)5(2)6(3)10/h4-5H,1H2,2-3H3,(H2,8,11). The van der Waals surface area contributed by atoms with Crippen molar-refractivity contribution in [2.45, 2.75) is 19.9 Å². The van der Waals surface area contributed by atoms with Crippen LogP contribution in [-0.4, -0.2) is 22.8 Å². The minimum atomic E-state index is -0.664. The number of carbonyl (C=O) groups excluding carboxylic acids is 2. The minimum absolute atomic E-state index is 0.122. The first-order valence-corrected chi connectivity index (χ1v) is 3.21. The monoisotopic (exact) mass is 156 g/mol. The van der Waals surface area contributed by atoms with E-state index in [1.165, 1.54) is 13.1 Å². The minimum Gasteiger partial charge on any atom is -0.351 e. The first-order valence-electron chi connectivity index (χ1n) is 3.21. The molecular formula is C7H12N2O2. The Balaban J connectivity index is 4.37. The lowest BCUT2D eigenvalue weighted by Gasteiger charge is -2.20. The van der Waals surface area contributed by atoms with Crippen LogP contribution in [0.1, 0.15) is 13.8 Å². The zero-order valence-corrected chi connectivity index (χ0v) is 6.70. The third kappa shape index (κ3) is 2.41. The molecule has 0 saturated carbocycles. The lowest BCUT2D eigenvalue weighted by Crippen LogP contribution is -2.41. The highest BCUT2D eigenvalue weighted by molar-refractivity contribution is 5.86. The molecule has 0 aromatic heterocycles. The van der Waals surface area contributed by atoms with Crippen molar-refractivity contribution in [1.29, 1.82) is 0 Å². The average Bonchev–Trinajstić information content (AvgIpc) is 1.88. The third-order valence-electron chi connectivity index (χ3n) is 1.46. The molecule has 2 N–H and O–H groups in total. The molecule has 0 aromatic rings. The first-order chi connectivity index (χ1) is 5.00. The molecule has 0 saturated heterocycles. The number of amides is 2. The van der Waals surface area contributed by atoms with E-state index >= 15 is 0 Å². The molecule has 0 fully saturated rings. The van der Waals surface area contributed by atoms with E-state index in [1.54, 1.807) is 6.92 Å². The van der Waals surface area contributed by atoms with Gasteiger partial charge in [0, 0.05) is 6.20 Å². The fraction of sp³-hybridized carbons (Fsp3) is 0.429. The lowest BCUT2D eigenvalue weighted by molar-refractivity contribution is -0.120. The van der Waals surface area contributed by atoms with E-state index < -0.39 is 12.1 Å². The van der Waals surface area contributed by atoms with Crippen molar-refractivity contribution < 1.29 is 9.59 Å². The molecule has 11 heavy (non-hydrogen) atoms. The van der Waals surface area contributed by atoms with Gasteiger partial charge in [0.25, 0.3) is 0 Å². The molecule has 4 heteroatoms. The van der Waals surface area contributed by atoms with E-state index in [4.69, 9.17) is 5.73 Å². The Bertz CT molecular complexity index is 189. The molecule has 2 amide bonds. The summed E-state index contributed by atoms with van der Waals surface area (Å²) < 4.78 is 0. The molecule has 0 bridgehead atoms. The van der Waals surface area contributed by atoms with E-state index in [0.717, 1.165) is 4.90 Å². The van der Waals surface area contributed by atoms with Gasteiger partial charge in [-0.05, 0) is 13.8 Å². The summed E-state index contributed by atoms with van der Waals surface area (Å²) in [4.78, 5) is 22.4. The number of primary amides is 1. The highest BCUT2D eigenvalue weighted by Gasteiger charge is 2.17. The summed E-state index contributed by atoms with van der Waals surface area (Å²) in [5, 5.41) is 0. The number of hydrogen-bond donors (Lipinski definition) is 1. The molecule has 0 aromatic carbocycles. The molecule has 1 atom stereocenters. The number of nitrogens with two attached hydrogens (primary N) is 1. The van der Waals surface area contributed by atoms with E-state index in [9.17, 15) is 9.59 Å². The summed E-state index contributed by atoms with van der Waals surface area (Å²) in [6.45, 7) is 6.34. The molecule has 0 spiro atoms. The fourth-order valence-corrected chi connectivity index (χ4v) is 0.635. The predicted molar refractivity (Wildman–Crippen MR) is 41.8 cm³/mol. The van der Waals surface area contributed by atoms with Crippen LogP contribution in [0.15, 0.2) is 12.8 Å². The second-order valence-electron chi connectivity index (χ2n) is 2.21. The number of nitrogens with zero attached hydrogens (tertiary/aromatic N) is 1. The number of carbonyl (C=O) groups is 2. The summed E-state index contributed by atoms with van der Waals surface area (Å²) in [7, 11) is 0. The largest absolute Gasteiger partial charge is 0.351 e. The SMILES string of the molecule is C=CN(C(N)=O)C(C)C(C)=O. The normalized spacial score (nSPS) is 11.8. The molecule has 0 aliphatic heterocycles. The topological polar surface area (TPSA) is 63.4 Å². The number of rotatable bonds is 3. The second-order valence-corrected chi connectivity index (χ2v) is 2.21. The molecule has 62 valence electrons. The van der Waals surface area contributed by atoms with Crippen molar-refractivity contribution in [2.24, 2.45) is 5.73 Å². The third-order valence-corrected chi connectivity index (χ3v) is 1.46. The van der Waals surface area contributed by atoms with Crippen LogP contribution in [0.5, 0.6) is 0 Å².